The van der Waals surface area contributed by atoms with Crippen molar-refractivity contribution < 1.29 is 4.79 Å². The molecule has 5 heteroatoms. The van der Waals surface area contributed by atoms with E-state index in [1.807, 2.05) is 17.5 Å². The van der Waals surface area contributed by atoms with Crippen LogP contribution in [0, 0.1) is 0 Å². The topological polar surface area (TPSA) is 17.1 Å². The highest BCUT2D eigenvalue weighted by Gasteiger charge is 2.08. The van der Waals surface area contributed by atoms with Gasteiger partial charge in [-0.1, -0.05) is 29.3 Å². The summed E-state index contributed by atoms with van der Waals surface area (Å²) >= 11 is 16.7. The van der Waals surface area contributed by atoms with Crippen LogP contribution < -0.4 is 0 Å². The highest BCUT2D eigenvalue weighted by atomic mass is 79.9. The van der Waals surface area contributed by atoms with E-state index >= 15 is 0 Å². The van der Waals surface area contributed by atoms with E-state index in [0.717, 1.165) is 14.9 Å². The van der Waals surface area contributed by atoms with Gasteiger partial charge in [-0.3, -0.25) is 4.79 Å². The largest absolute Gasteiger partial charge is 0.299 e. The average molecular weight is 364 g/mol. The number of carbonyl (C=O) groups is 1. The predicted octanol–water partition coefficient (Wildman–Crippen LogP) is 5.17. The maximum Gasteiger partial charge on any atom is 0.142 e. The molecule has 0 bridgehead atoms. The summed E-state index contributed by atoms with van der Waals surface area (Å²) in [6.45, 7) is 0. The standard InChI is InChI=1S/C13H9BrCl2OS/c14-9-5-11(18-7-9)6-10(17)3-8-1-2-12(15)13(16)4-8/h1-2,4-5,7H,3,6H2. The molecule has 0 aliphatic heterocycles. The molecule has 1 aromatic carbocycles. The molecule has 1 heterocycles. The monoisotopic (exact) mass is 362 g/mol. The highest BCUT2D eigenvalue weighted by molar-refractivity contribution is 9.10. The van der Waals surface area contributed by atoms with Crippen molar-refractivity contribution in [3.63, 3.8) is 0 Å². The Bertz CT molecular complexity index is 580. The van der Waals surface area contributed by atoms with Crippen LogP contribution in [0.4, 0.5) is 0 Å². The van der Waals surface area contributed by atoms with Crippen LogP contribution in [0.1, 0.15) is 10.4 Å². The van der Waals surface area contributed by atoms with Crippen molar-refractivity contribution in [1.29, 1.82) is 0 Å². The third-order valence-electron chi connectivity index (χ3n) is 2.38. The fourth-order valence-corrected chi connectivity index (χ4v) is 3.38. The van der Waals surface area contributed by atoms with Gasteiger partial charge in [0.2, 0.25) is 0 Å². The Morgan fingerprint density at radius 2 is 1.94 bits per heavy atom. The Kier molecular flexibility index (Phi) is 4.84. The van der Waals surface area contributed by atoms with E-state index in [2.05, 4.69) is 15.9 Å². The predicted molar refractivity (Wildman–Crippen MR) is 80.9 cm³/mol. The molecule has 0 spiro atoms. The van der Waals surface area contributed by atoms with Crippen molar-refractivity contribution in [2.75, 3.05) is 0 Å². The van der Waals surface area contributed by atoms with Crippen LogP contribution in [0.2, 0.25) is 10.0 Å². The van der Waals surface area contributed by atoms with Gasteiger partial charge in [-0.15, -0.1) is 11.3 Å². The maximum absolute atomic E-state index is 11.9. The van der Waals surface area contributed by atoms with Crippen LogP contribution in [0.3, 0.4) is 0 Å². The number of hydrogen-bond donors (Lipinski definition) is 0. The van der Waals surface area contributed by atoms with E-state index < -0.39 is 0 Å². The van der Waals surface area contributed by atoms with Crippen molar-refractivity contribution >= 4 is 56.3 Å². The molecule has 0 aliphatic rings. The molecule has 94 valence electrons. The molecule has 0 N–H and O–H groups in total. The summed E-state index contributed by atoms with van der Waals surface area (Å²) in [4.78, 5) is 13.0. The van der Waals surface area contributed by atoms with Gasteiger partial charge in [-0.2, -0.15) is 0 Å². The minimum absolute atomic E-state index is 0.169. The van der Waals surface area contributed by atoms with Crippen LogP contribution in [-0.2, 0) is 17.6 Å². The number of hydrogen-bond acceptors (Lipinski definition) is 2. The highest BCUT2D eigenvalue weighted by Crippen LogP contribution is 2.24. The van der Waals surface area contributed by atoms with Gasteiger partial charge >= 0.3 is 0 Å². The first-order valence-electron chi connectivity index (χ1n) is 5.23. The minimum Gasteiger partial charge on any atom is -0.299 e. The molecule has 2 aromatic rings. The number of benzene rings is 1. The van der Waals surface area contributed by atoms with E-state index in [1.54, 1.807) is 23.5 Å². The van der Waals surface area contributed by atoms with Crippen molar-refractivity contribution in [2.24, 2.45) is 0 Å². The molecule has 0 fully saturated rings. The summed E-state index contributed by atoms with van der Waals surface area (Å²) in [7, 11) is 0. The van der Waals surface area contributed by atoms with Gasteiger partial charge in [0.1, 0.15) is 5.78 Å². The Morgan fingerprint density at radius 3 is 2.56 bits per heavy atom. The first-order chi connectivity index (χ1) is 8.54. The molecule has 18 heavy (non-hydrogen) atoms. The van der Waals surface area contributed by atoms with E-state index in [0.29, 0.717) is 22.9 Å². The van der Waals surface area contributed by atoms with Crippen molar-refractivity contribution in [1.82, 2.24) is 0 Å². The first kappa shape index (κ1) is 14.1. The normalized spacial score (nSPS) is 10.6. The van der Waals surface area contributed by atoms with Gasteiger partial charge in [-0.05, 0) is 39.7 Å². The van der Waals surface area contributed by atoms with Crippen LogP contribution in [-0.4, -0.2) is 5.78 Å². The molecule has 0 amide bonds. The molecular weight excluding hydrogens is 355 g/mol. The Hall–Kier alpha value is -0.350. The number of Topliss-reactive ketones (excluding diaryl/α,β-unsaturated/α-hetero) is 1. The Morgan fingerprint density at radius 1 is 1.17 bits per heavy atom. The molecule has 0 aliphatic carbocycles. The number of halogens is 3. The van der Waals surface area contributed by atoms with Crippen LogP contribution in [0.15, 0.2) is 34.1 Å². The zero-order chi connectivity index (χ0) is 13.1. The summed E-state index contributed by atoms with van der Waals surface area (Å²) in [6.07, 6.45) is 0.836. The van der Waals surface area contributed by atoms with E-state index in [1.165, 1.54) is 0 Å². The third kappa shape index (κ3) is 3.82. The van der Waals surface area contributed by atoms with Crippen molar-refractivity contribution in [3.8, 4) is 0 Å². The second kappa shape index (κ2) is 6.20. The summed E-state index contributed by atoms with van der Waals surface area (Å²) in [5.74, 6) is 0.169. The maximum atomic E-state index is 11.9. The van der Waals surface area contributed by atoms with Gasteiger partial charge in [0.05, 0.1) is 10.0 Å². The molecular formula is C13H9BrCl2OS. The van der Waals surface area contributed by atoms with Gasteiger partial charge < -0.3 is 0 Å². The molecule has 1 aromatic heterocycles. The number of thiophene rings is 1. The second-order valence-electron chi connectivity index (χ2n) is 3.87. The Labute approximate surface area is 128 Å². The van der Waals surface area contributed by atoms with Gasteiger partial charge in [0.15, 0.2) is 0 Å². The summed E-state index contributed by atoms with van der Waals surface area (Å²) in [6, 6.07) is 7.26. The van der Waals surface area contributed by atoms with Gasteiger partial charge in [0.25, 0.3) is 0 Å². The zero-order valence-electron chi connectivity index (χ0n) is 9.25. The van der Waals surface area contributed by atoms with Crippen molar-refractivity contribution in [2.45, 2.75) is 12.8 Å². The van der Waals surface area contributed by atoms with E-state index in [9.17, 15) is 4.79 Å². The summed E-state index contributed by atoms with van der Waals surface area (Å²) in [5.41, 5.74) is 0.894. The summed E-state index contributed by atoms with van der Waals surface area (Å²) in [5, 5.41) is 2.97. The van der Waals surface area contributed by atoms with Crippen LogP contribution in [0.5, 0.6) is 0 Å². The quantitative estimate of drug-likeness (QED) is 0.732. The lowest BCUT2D eigenvalue weighted by atomic mass is 10.1. The van der Waals surface area contributed by atoms with Crippen LogP contribution in [0.25, 0.3) is 0 Å². The third-order valence-corrected chi connectivity index (χ3v) is 4.82. The van der Waals surface area contributed by atoms with Gasteiger partial charge in [0, 0.05) is 27.6 Å². The molecule has 0 atom stereocenters. The lowest BCUT2D eigenvalue weighted by molar-refractivity contribution is -0.117. The number of ketones is 1. The van der Waals surface area contributed by atoms with Crippen molar-refractivity contribution in [3.05, 3.63) is 54.6 Å². The lowest BCUT2D eigenvalue weighted by Crippen LogP contribution is -2.05. The lowest BCUT2D eigenvalue weighted by Gasteiger charge is -2.02. The fourth-order valence-electron chi connectivity index (χ4n) is 1.58. The summed E-state index contributed by atoms with van der Waals surface area (Å²) < 4.78 is 1.02. The van der Waals surface area contributed by atoms with E-state index in [-0.39, 0.29) is 5.78 Å². The molecule has 0 radical (unpaired) electrons. The first-order valence-corrected chi connectivity index (χ1v) is 7.66. The Balaban J connectivity index is 2.00. The average Bonchev–Trinajstić information content (AvgIpc) is 2.69. The van der Waals surface area contributed by atoms with E-state index in [4.69, 9.17) is 23.2 Å². The minimum atomic E-state index is 0.169. The fraction of sp³-hybridized carbons (Fsp3) is 0.154. The van der Waals surface area contributed by atoms with Crippen LogP contribution >= 0.6 is 50.5 Å². The number of rotatable bonds is 4. The zero-order valence-corrected chi connectivity index (χ0v) is 13.2. The SMILES string of the molecule is O=C(Cc1ccc(Cl)c(Cl)c1)Cc1cc(Br)cs1. The molecule has 0 saturated carbocycles. The molecule has 1 nitrogen and oxygen atoms in total. The molecule has 0 unspecified atom stereocenters. The molecule has 2 rings (SSSR count). The van der Waals surface area contributed by atoms with Gasteiger partial charge in [-0.25, -0.2) is 0 Å². The second-order valence-corrected chi connectivity index (χ2v) is 6.60. The smallest absolute Gasteiger partial charge is 0.142 e. The molecule has 0 saturated heterocycles. The number of carbonyl (C=O) groups excluding carboxylic acids is 1.